The molecule has 5 heterocycles. The molecule has 3 saturated heterocycles. The lowest BCUT2D eigenvalue weighted by molar-refractivity contribution is 0.0340. The predicted octanol–water partition coefficient (Wildman–Crippen LogP) is 1.93. The van der Waals surface area contributed by atoms with Gasteiger partial charge in [0.1, 0.15) is 5.76 Å². The summed E-state index contributed by atoms with van der Waals surface area (Å²) >= 11 is 0. The first-order chi connectivity index (χ1) is 15.7. The molecule has 3 aliphatic rings. The van der Waals surface area contributed by atoms with Crippen LogP contribution >= 0.6 is 0 Å². The molecule has 0 radical (unpaired) electrons. The predicted molar refractivity (Wildman–Crippen MR) is 120 cm³/mol. The van der Waals surface area contributed by atoms with Crippen LogP contribution < -0.4 is 10.9 Å². The Morgan fingerprint density at radius 3 is 2.84 bits per heavy atom. The number of carbonyl (C=O) groups excluding carboxylic acids is 1. The number of carbonyl (C=O) groups is 1. The van der Waals surface area contributed by atoms with Crippen LogP contribution in [0.2, 0.25) is 0 Å². The van der Waals surface area contributed by atoms with Crippen molar-refractivity contribution in [1.29, 1.82) is 0 Å². The van der Waals surface area contributed by atoms with Crippen molar-refractivity contribution in [2.24, 2.45) is 5.92 Å². The Morgan fingerprint density at radius 2 is 2.03 bits per heavy atom. The van der Waals surface area contributed by atoms with Gasteiger partial charge in [-0.05, 0) is 49.4 Å². The summed E-state index contributed by atoms with van der Waals surface area (Å²) in [6.45, 7) is 8.56. The van der Waals surface area contributed by atoms with Crippen molar-refractivity contribution in [2.75, 3.05) is 45.9 Å². The van der Waals surface area contributed by atoms with Gasteiger partial charge in [0.15, 0.2) is 5.76 Å². The first-order valence-corrected chi connectivity index (χ1v) is 11.8. The van der Waals surface area contributed by atoms with Gasteiger partial charge in [-0.2, -0.15) is 0 Å². The minimum Gasteiger partial charge on any atom is -0.456 e. The van der Waals surface area contributed by atoms with Crippen LogP contribution in [-0.4, -0.2) is 72.7 Å². The lowest BCUT2D eigenvalue weighted by Crippen LogP contribution is -2.48. The SMILES string of the molecule is Cc1oc(C(=O)N2CCCC(C3NNCC3c3ccncc3)C2)cc1CN1CCOCC1. The number of hydrazine groups is 1. The van der Waals surface area contributed by atoms with Crippen LogP contribution in [0.25, 0.3) is 0 Å². The second-order valence-corrected chi connectivity index (χ2v) is 9.17. The summed E-state index contributed by atoms with van der Waals surface area (Å²) < 4.78 is 11.4. The summed E-state index contributed by atoms with van der Waals surface area (Å²) in [6.07, 6.45) is 5.84. The molecular formula is C24H33N5O3. The van der Waals surface area contributed by atoms with Gasteiger partial charge in [0, 0.05) is 69.2 Å². The maximum Gasteiger partial charge on any atom is 0.289 e. The van der Waals surface area contributed by atoms with Gasteiger partial charge in [-0.25, -0.2) is 0 Å². The molecule has 3 atom stereocenters. The van der Waals surface area contributed by atoms with Crippen LogP contribution in [0.4, 0.5) is 0 Å². The maximum absolute atomic E-state index is 13.3. The molecule has 0 aliphatic carbocycles. The van der Waals surface area contributed by atoms with Crippen LogP contribution in [-0.2, 0) is 11.3 Å². The molecule has 5 rings (SSSR count). The minimum absolute atomic E-state index is 0.0115. The number of aromatic nitrogens is 1. The zero-order chi connectivity index (χ0) is 21.9. The van der Waals surface area contributed by atoms with E-state index in [-0.39, 0.29) is 5.91 Å². The van der Waals surface area contributed by atoms with Gasteiger partial charge >= 0.3 is 0 Å². The van der Waals surface area contributed by atoms with Gasteiger partial charge in [-0.15, -0.1) is 0 Å². The number of furan rings is 1. The van der Waals surface area contributed by atoms with Crippen molar-refractivity contribution >= 4 is 5.91 Å². The van der Waals surface area contributed by atoms with E-state index in [2.05, 4.69) is 32.9 Å². The molecule has 3 aliphatic heterocycles. The molecule has 0 bridgehead atoms. The summed E-state index contributed by atoms with van der Waals surface area (Å²) in [5.74, 6) is 2.09. The molecule has 32 heavy (non-hydrogen) atoms. The standard InChI is InChI=1S/C24H33N5O3/c1-17-20(15-28-9-11-31-12-10-28)13-22(32-17)24(30)29-8-2-3-19(16-29)23-21(14-26-27-23)18-4-6-25-7-5-18/h4-7,13,19,21,23,26-27H,2-3,8-12,14-16H2,1H3. The second kappa shape index (κ2) is 9.70. The van der Waals surface area contributed by atoms with Gasteiger partial charge < -0.3 is 14.1 Å². The molecule has 3 unspecified atom stereocenters. The third-order valence-electron chi connectivity index (χ3n) is 7.14. The zero-order valence-corrected chi connectivity index (χ0v) is 18.8. The number of pyridine rings is 1. The van der Waals surface area contributed by atoms with Crippen LogP contribution in [0.5, 0.6) is 0 Å². The first kappa shape index (κ1) is 21.6. The first-order valence-electron chi connectivity index (χ1n) is 11.8. The number of aryl methyl sites for hydroxylation is 1. The molecule has 0 saturated carbocycles. The van der Waals surface area contributed by atoms with E-state index in [9.17, 15) is 4.79 Å². The van der Waals surface area contributed by atoms with E-state index >= 15 is 0 Å². The molecule has 1 amide bonds. The fourth-order valence-corrected chi connectivity index (χ4v) is 5.32. The fourth-order valence-electron chi connectivity index (χ4n) is 5.32. The lowest BCUT2D eigenvalue weighted by atomic mass is 9.81. The normalized spacial score (nSPS) is 27.0. The van der Waals surface area contributed by atoms with E-state index < -0.39 is 0 Å². The Morgan fingerprint density at radius 1 is 1.22 bits per heavy atom. The molecule has 172 valence electrons. The van der Waals surface area contributed by atoms with Gasteiger partial charge in [0.25, 0.3) is 5.91 Å². The summed E-state index contributed by atoms with van der Waals surface area (Å²) in [6, 6.07) is 6.44. The summed E-state index contributed by atoms with van der Waals surface area (Å²) in [5.41, 5.74) is 9.22. The summed E-state index contributed by atoms with van der Waals surface area (Å²) in [5, 5.41) is 0. The van der Waals surface area contributed by atoms with Gasteiger partial charge in [0.2, 0.25) is 0 Å². The Labute approximate surface area is 189 Å². The van der Waals surface area contributed by atoms with Crippen LogP contribution in [0.3, 0.4) is 0 Å². The summed E-state index contributed by atoms with van der Waals surface area (Å²) in [4.78, 5) is 21.8. The van der Waals surface area contributed by atoms with E-state index in [1.54, 1.807) is 0 Å². The Kier molecular flexibility index (Phi) is 6.54. The molecular weight excluding hydrogens is 406 g/mol. The van der Waals surface area contributed by atoms with E-state index in [1.807, 2.05) is 30.3 Å². The van der Waals surface area contributed by atoms with Crippen LogP contribution in [0, 0.1) is 12.8 Å². The average molecular weight is 440 g/mol. The van der Waals surface area contributed by atoms with Gasteiger partial charge in [-0.1, -0.05) is 0 Å². The molecule has 0 spiro atoms. The number of amides is 1. The van der Waals surface area contributed by atoms with Crippen LogP contribution in [0.15, 0.2) is 35.0 Å². The monoisotopic (exact) mass is 439 g/mol. The molecule has 8 nitrogen and oxygen atoms in total. The quantitative estimate of drug-likeness (QED) is 0.737. The minimum atomic E-state index is 0.0115. The molecule has 2 N–H and O–H groups in total. The van der Waals surface area contributed by atoms with Crippen molar-refractivity contribution in [3.8, 4) is 0 Å². The number of hydrogen-bond donors (Lipinski definition) is 2. The maximum atomic E-state index is 13.3. The van der Waals surface area contributed by atoms with E-state index in [1.165, 1.54) is 5.56 Å². The van der Waals surface area contributed by atoms with Crippen molar-refractivity contribution < 1.29 is 13.9 Å². The number of morpholine rings is 1. The number of piperidine rings is 1. The number of rotatable bonds is 5. The van der Waals surface area contributed by atoms with Crippen molar-refractivity contribution in [1.82, 2.24) is 25.6 Å². The Bertz CT molecular complexity index is 912. The summed E-state index contributed by atoms with van der Waals surface area (Å²) in [7, 11) is 0. The zero-order valence-electron chi connectivity index (χ0n) is 18.8. The Hall–Kier alpha value is -2.26. The van der Waals surface area contributed by atoms with Gasteiger partial charge in [-0.3, -0.25) is 25.5 Å². The fraction of sp³-hybridized carbons (Fsp3) is 0.583. The highest BCUT2D eigenvalue weighted by Crippen LogP contribution is 2.32. The second-order valence-electron chi connectivity index (χ2n) is 9.17. The third kappa shape index (κ3) is 4.59. The van der Waals surface area contributed by atoms with Crippen molar-refractivity contribution in [2.45, 2.75) is 38.3 Å². The average Bonchev–Trinajstić information content (AvgIpc) is 3.47. The third-order valence-corrected chi connectivity index (χ3v) is 7.14. The van der Waals surface area contributed by atoms with Crippen molar-refractivity contribution in [3.05, 3.63) is 53.2 Å². The highest BCUT2D eigenvalue weighted by atomic mass is 16.5. The van der Waals surface area contributed by atoms with E-state index in [0.717, 1.165) is 76.6 Å². The lowest BCUT2D eigenvalue weighted by Gasteiger charge is -2.37. The van der Waals surface area contributed by atoms with Gasteiger partial charge in [0.05, 0.1) is 13.2 Å². The number of ether oxygens (including phenoxy) is 1. The molecule has 0 aromatic carbocycles. The van der Waals surface area contributed by atoms with Crippen LogP contribution in [0.1, 0.15) is 46.2 Å². The van der Waals surface area contributed by atoms with E-state index in [4.69, 9.17) is 9.15 Å². The number of nitrogens with zero attached hydrogens (tertiary/aromatic N) is 3. The van der Waals surface area contributed by atoms with Crippen molar-refractivity contribution in [3.63, 3.8) is 0 Å². The Balaban J connectivity index is 1.25. The van der Waals surface area contributed by atoms with E-state index in [0.29, 0.717) is 23.6 Å². The molecule has 8 heteroatoms. The number of likely N-dealkylation sites (tertiary alicyclic amines) is 1. The highest BCUT2D eigenvalue weighted by Gasteiger charge is 2.38. The molecule has 3 fully saturated rings. The highest BCUT2D eigenvalue weighted by molar-refractivity contribution is 5.92. The number of hydrogen-bond acceptors (Lipinski definition) is 7. The topological polar surface area (TPSA) is 82.9 Å². The smallest absolute Gasteiger partial charge is 0.289 e. The number of nitrogens with one attached hydrogen (secondary N) is 2. The largest absolute Gasteiger partial charge is 0.456 e. The molecule has 2 aromatic heterocycles. The molecule has 2 aromatic rings.